The first-order valence-electron chi connectivity index (χ1n) is 13.1. The molecule has 0 spiro atoms. The standard InChI is InChI=1S/C28H47N3O4/c1-9-11-15-19-31(26(33)23(20(3)4)30-27(34)35-28(6,7)8)24(22-17-13-12-14-18-22)25(32)29-21(5)16-10-2/h12-14,17-18,20-21,23-24H,9-11,15-16,19H2,1-8H3,(H,29,32)(H,30,34). The molecule has 0 heterocycles. The lowest BCUT2D eigenvalue weighted by Crippen LogP contribution is -2.55. The molecular weight excluding hydrogens is 442 g/mol. The first-order chi connectivity index (χ1) is 16.4. The number of alkyl carbamates (subject to hydrolysis) is 1. The Morgan fingerprint density at radius 3 is 2.09 bits per heavy atom. The summed E-state index contributed by atoms with van der Waals surface area (Å²) in [7, 11) is 0. The number of nitrogens with one attached hydrogen (secondary N) is 2. The van der Waals surface area contributed by atoms with E-state index in [4.69, 9.17) is 4.74 Å². The van der Waals surface area contributed by atoms with Crippen molar-refractivity contribution in [2.24, 2.45) is 5.92 Å². The molecule has 3 atom stereocenters. The number of carbonyl (C=O) groups is 3. The van der Waals surface area contributed by atoms with Crippen LogP contribution in [0, 0.1) is 5.92 Å². The topological polar surface area (TPSA) is 87.7 Å². The Morgan fingerprint density at radius 2 is 1.57 bits per heavy atom. The minimum absolute atomic E-state index is 0.00732. The lowest BCUT2D eigenvalue weighted by Gasteiger charge is -2.36. The molecule has 1 aromatic rings. The van der Waals surface area contributed by atoms with Crippen LogP contribution in [-0.4, -0.2) is 47.0 Å². The van der Waals surface area contributed by atoms with Gasteiger partial charge in [0.1, 0.15) is 17.7 Å². The fraction of sp³-hybridized carbons (Fsp3) is 0.679. The molecule has 0 aromatic heterocycles. The first-order valence-corrected chi connectivity index (χ1v) is 13.1. The highest BCUT2D eigenvalue weighted by atomic mass is 16.6. The van der Waals surface area contributed by atoms with Crippen molar-refractivity contribution in [3.05, 3.63) is 35.9 Å². The maximum absolute atomic E-state index is 14.0. The molecule has 0 aliphatic carbocycles. The molecule has 1 rings (SSSR count). The molecule has 3 amide bonds. The molecule has 0 aliphatic rings. The lowest BCUT2D eigenvalue weighted by atomic mass is 9.98. The Labute approximate surface area is 212 Å². The van der Waals surface area contributed by atoms with E-state index in [0.717, 1.165) is 37.7 Å². The summed E-state index contributed by atoms with van der Waals surface area (Å²) in [6.45, 7) is 15.7. The van der Waals surface area contributed by atoms with Crippen molar-refractivity contribution in [1.29, 1.82) is 0 Å². The number of hydrogen-bond donors (Lipinski definition) is 2. The van der Waals surface area contributed by atoms with Gasteiger partial charge in [0.05, 0.1) is 0 Å². The van der Waals surface area contributed by atoms with Crippen LogP contribution in [0.4, 0.5) is 4.79 Å². The number of carbonyl (C=O) groups excluding carboxylic acids is 3. The maximum atomic E-state index is 14.0. The third-order valence-corrected chi connectivity index (χ3v) is 5.68. The molecule has 0 bridgehead atoms. The number of amides is 3. The Morgan fingerprint density at radius 1 is 0.943 bits per heavy atom. The molecule has 7 heteroatoms. The van der Waals surface area contributed by atoms with Gasteiger partial charge < -0.3 is 20.3 Å². The predicted octanol–water partition coefficient (Wildman–Crippen LogP) is 5.60. The van der Waals surface area contributed by atoms with E-state index in [9.17, 15) is 14.4 Å². The van der Waals surface area contributed by atoms with Crippen molar-refractivity contribution < 1.29 is 19.1 Å². The van der Waals surface area contributed by atoms with E-state index >= 15 is 0 Å². The third-order valence-electron chi connectivity index (χ3n) is 5.68. The molecule has 198 valence electrons. The summed E-state index contributed by atoms with van der Waals surface area (Å²) in [5, 5.41) is 5.87. The van der Waals surface area contributed by atoms with Gasteiger partial charge in [0.25, 0.3) is 0 Å². The third kappa shape index (κ3) is 10.7. The summed E-state index contributed by atoms with van der Waals surface area (Å²) in [5.41, 5.74) is 0.0653. The average Bonchev–Trinajstić information content (AvgIpc) is 2.75. The maximum Gasteiger partial charge on any atom is 0.408 e. The summed E-state index contributed by atoms with van der Waals surface area (Å²) >= 11 is 0. The fourth-order valence-electron chi connectivity index (χ4n) is 3.96. The molecule has 7 nitrogen and oxygen atoms in total. The molecule has 2 N–H and O–H groups in total. The van der Waals surface area contributed by atoms with Gasteiger partial charge in [0.15, 0.2) is 0 Å². The van der Waals surface area contributed by atoms with Gasteiger partial charge in [0.2, 0.25) is 11.8 Å². The van der Waals surface area contributed by atoms with Crippen molar-refractivity contribution in [3.63, 3.8) is 0 Å². The molecular formula is C28H47N3O4. The number of hydrogen-bond acceptors (Lipinski definition) is 4. The minimum Gasteiger partial charge on any atom is -0.444 e. The summed E-state index contributed by atoms with van der Waals surface area (Å²) in [5.74, 6) is -0.682. The van der Waals surface area contributed by atoms with Crippen molar-refractivity contribution in [3.8, 4) is 0 Å². The van der Waals surface area contributed by atoms with E-state index in [1.165, 1.54) is 0 Å². The van der Waals surface area contributed by atoms with Crippen LogP contribution in [0.1, 0.15) is 99.1 Å². The molecule has 0 saturated heterocycles. The lowest BCUT2D eigenvalue weighted by molar-refractivity contribution is -0.143. The number of nitrogens with zero attached hydrogens (tertiary/aromatic N) is 1. The van der Waals surface area contributed by atoms with Crippen LogP contribution in [0.3, 0.4) is 0 Å². The van der Waals surface area contributed by atoms with Gasteiger partial charge in [-0.1, -0.05) is 77.3 Å². The van der Waals surface area contributed by atoms with Gasteiger partial charge in [0, 0.05) is 12.6 Å². The van der Waals surface area contributed by atoms with E-state index in [2.05, 4.69) is 24.5 Å². The van der Waals surface area contributed by atoms with Gasteiger partial charge in [-0.25, -0.2) is 4.79 Å². The van der Waals surface area contributed by atoms with Crippen molar-refractivity contribution in [1.82, 2.24) is 15.5 Å². The van der Waals surface area contributed by atoms with E-state index in [0.29, 0.717) is 6.54 Å². The minimum atomic E-state index is -0.821. The number of rotatable bonds is 13. The number of benzene rings is 1. The van der Waals surface area contributed by atoms with Gasteiger partial charge >= 0.3 is 6.09 Å². The normalized spacial score (nSPS) is 14.1. The quantitative estimate of drug-likeness (QED) is 0.353. The average molecular weight is 490 g/mol. The largest absolute Gasteiger partial charge is 0.444 e. The molecule has 3 unspecified atom stereocenters. The smallest absolute Gasteiger partial charge is 0.408 e. The van der Waals surface area contributed by atoms with E-state index < -0.39 is 23.8 Å². The molecule has 35 heavy (non-hydrogen) atoms. The summed E-state index contributed by atoms with van der Waals surface area (Å²) in [6.07, 6.45) is 3.85. The van der Waals surface area contributed by atoms with Crippen LogP contribution in [0.15, 0.2) is 30.3 Å². The van der Waals surface area contributed by atoms with Crippen LogP contribution >= 0.6 is 0 Å². The van der Waals surface area contributed by atoms with Crippen molar-refractivity contribution in [2.75, 3.05) is 6.54 Å². The van der Waals surface area contributed by atoms with Gasteiger partial charge in [-0.05, 0) is 52.0 Å². The first kappa shape index (κ1) is 30.5. The van der Waals surface area contributed by atoms with Crippen LogP contribution in [0.2, 0.25) is 0 Å². The highest BCUT2D eigenvalue weighted by molar-refractivity contribution is 5.92. The molecule has 0 saturated carbocycles. The van der Waals surface area contributed by atoms with Crippen LogP contribution in [0.25, 0.3) is 0 Å². The number of ether oxygens (including phenoxy) is 1. The summed E-state index contributed by atoms with van der Waals surface area (Å²) in [4.78, 5) is 41.8. The summed E-state index contributed by atoms with van der Waals surface area (Å²) < 4.78 is 5.42. The Balaban J connectivity index is 3.39. The van der Waals surface area contributed by atoms with E-state index in [-0.39, 0.29) is 23.8 Å². The van der Waals surface area contributed by atoms with Crippen LogP contribution in [-0.2, 0) is 14.3 Å². The highest BCUT2D eigenvalue weighted by Gasteiger charge is 2.37. The molecule has 0 aliphatic heterocycles. The zero-order chi connectivity index (χ0) is 26.6. The SMILES string of the molecule is CCCCCN(C(=O)C(NC(=O)OC(C)(C)C)C(C)C)C(C(=O)NC(C)CCC)c1ccccc1. The van der Waals surface area contributed by atoms with Crippen LogP contribution < -0.4 is 10.6 Å². The summed E-state index contributed by atoms with van der Waals surface area (Å²) in [6, 6.07) is 7.77. The highest BCUT2D eigenvalue weighted by Crippen LogP contribution is 2.25. The molecule has 0 fully saturated rings. The van der Waals surface area contributed by atoms with E-state index in [1.54, 1.807) is 25.7 Å². The second kappa shape index (κ2) is 14.7. The van der Waals surface area contributed by atoms with Crippen molar-refractivity contribution in [2.45, 2.75) is 111 Å². The Hall–Kier alpha value is -2.57. The molecule has 1 aromatic carbocycles. The Kier molecular flexibility index (Phi) is 12.8. The predicted molar refractivity (Wildman–Crippen MR) is 141 cm³/mol. The van der Waals surface area contributed by atoms with Crippen LogP contribution in [0.5, 0.6) is 0 Å². The van der Waals surface area contributed by atoms with E-state index in [1.807, 2.05) is 51.1 Å². The second-order valence-electron chi connectivity index (χ2n) is 10.6. The monoisotopic (exact) mass is 489 g/mol. The molecule has 0 radical (unpaired) electrons. The van der Waals surface area contributed by atoms with Gasteiger partial charge in [-0.3, -0.25) is 9.59 Å². The van der Waals surface area contributed by atoms with Crippen molar-refractivity contribution >= 4 is 17.9 Å². The van der Waals surface area contributed by atoms with Gasteiger partial charge in [-0.15, -0.1) is 0 Å². The van der Waals surface area contributed by atoms with Gasteiger partial charge in [-0.2, -0.15) is 0 Å². The Bertz CT molecular complexity index is 789. The zero-order valence-electron chi connectivity index (χ0n) is 23.0. The second-order valence-corrected chi connectivity index (χ2v) is 10.6. The fourth-order valence-corrected chi connectivity index (χ4v) is 3.96. The zero-order valence-corrected chi connectivity index (χ0v) is 23.0. The number of unbranched alkanes of at least 4 members (excludes halogenated alkanes) is 2.